The maximum Gasteiger partial charge on any atom is 0.303 e. The maximum absolute atomic E-state index is 11.1. The van der Waals surface area contributed by atoms with E-state index in [2.05, 4.69) is 25.5 Å². The summed E-state index contributed by atoms with van der Waals surface area (Å²) < 4.78 is 0. The van der Waals surface area contributed by atoms with Gasteiger partial charge in [-0.1, -0.05) is 25.2 Å². The molecule has 1 saturated heterocycles. The number of carboxylic acids is 1. The van der Waals surface area contributed by atoms with Gasteiger partial charge < -0.3 is 10.0 Å². The van der Waals surface area contributed by atoms with Crippen molar-refractivity contribution >= 4 is 5.97 Å². The third-order valence-electron chi connectivity index (χ3n) is 5.00. The van der Waals surface area contributed by atoms with Gasteiger partial charge in [0.15, 0.2) is 0 Å². The predicted octanol–water partition coefficient (Wildman–Crippen LogP) is 3.09. The van der Waals surface area contributed by atoms with Crippen molar-refractivity contribution < 1.29 is 9.90 Å². The van der Waals surface area contributed by atoms with Crippen molar-refractivity contribution in [3.05, 3.63) is 23.8 Å². The summed E-state index contributed by atoms with van der Waals surface area (Å²) in [6.45, 7) is 8.36. The highest BCUT2D eigenvalue weighted by atomic mass is 16.4. The van der Waals surface area contributed by atoms with Crippen LogP contribution in [0.15, 0.2) is 23.8 Å². The second kappa shape index (κ2) is 5.49. The highest BCUT2D eigenvalue weighted by Crippen LogP contribution is 2.54. The summed E-state index contributed by atoms with van der Waals surface area (Å²) in [5, 5.41) is 9.12. The van der Waals surface area contributed by atoms with Crippen molar-refractivity contribution in [3.8, 4) is 0 Å². The van der Waals surface area contributed by atoms with Gasteiger partial charge in [-0.3, -0.25) is 4.79 Å². The number of nitrogens with zero attached hydrogens (tertiary/aromatic N) is 1. The van der Waals surface area contributed by atoms with Crippen LogP contribution in [0.2, 0.25) is 0 Å². The Kier molecular flexibility index (Phi) is 4.14. The lowest BCUT2D eigenvalue weighted by Crippen LogP contribution is -2.38. The van der Waals surface area contributed by atoms with E-state index in [1.807, 2.05) is 6.08 Å². The van der Waals surface area contributed by atoms with E-state index < -0.39 is 5.97 Å². The second-order valence-electron chi connectivity index (χ2n) is 6.08. The van der Waals surface area contributed by atoms with Crippen LogP contribution in [0.5, 0.6) is 0 Å². The lowest BCUT2D eigenvalue weighted by atomic mass is 9.72. The number of rotatable bonds is 4. The normalized spacial score (nSPS) is 26.9. The molecule has 0 saturated carbocycles. The molecule has 0 aromatic heterocycles. The van der Waals surface area contributed by atoms with E-state index in [4.69, 9.17) is 5.11 Å². The van der Waals surface area contributed by atoms with Gasteiger partial charge >= 0.3 is 5.97 Å². The molecule has 0 aromatic rings. The molecule has 19 heavy (non-hydrogen) atoms. The number of carboxylic acid groups (broad SMARTS) is 1. The summed E-state index contributed by atoms with van der Waals surface area (Å²) in [5.41, 5.74) is 2.93. The Bertz CT molecular complexity index is 403. The SMILES string of the molecule is C=CC1=C(CC)C(CC(=O)O)CC12CCN(C)CC2. The smallest absolute Gasteiger partial charge is 0.303 e. The van der Waals surface area contributed by atoms with Crippen LogP contribution in [0.1, 0.15) is 39.0 Å². The molecule has 1 fully saturated rings. The molecule has 1 spiro atoms. The fourth-order valence-corrected chi connectivity index (χ4v) is 4.02. The van der Waals surface area contributed by atoms with E-state index in [-0.39, 0.29) is 17.8 Å². The number of hydrogen-bond donors (Lipinski definition) is 1. The molecular formula is C16H25NO2. The molecule has 0 amide bonds. The molecule has 0 aromatic carbocycles. The third kappa shape index (κ3) is 2.62. The topological polar surface area (TPSA) is 40.5 Å². The molecule has 0 bridgehead atoms. The number of likely N-dealkylation sites (tertiary alicyclic amines) is 1. The highest BCUT2D eigenvalue weighted by Gasteiger charge is 2.45. The standard InChI is InChI=1S/C16H25NO2/c1-4-13-12(10-15(18)19)11-16(14(13)5-2)6-8-17(3)9-7-16/h5,12H,2,4,6-11H2,1,3H3,(H,18,19). The minimum atomic E-state index is -0.677. The molecule has 1 atom stereocenters. The third-order valence-corrected chi connectivity index (χ3v) is 5.00. The van der Waals surface area contributed by atoms with Crippen LogP contribution in [-0.2, 0) is 4.79 Å². The van der Waals surface area contributed by atoms with Gasteiger partial charge in [0.2, 0.25) is 0 Å². The fourth-order valence-electron chi connectivity index (χ4n) is 4.02. The quantitative estimate of drug-likeness (QED) is 0.847. The Labute approximate surface area is 116 Å². The molecule has 1 heterocycles. The highest BCUT2D eigenvalue weighted by molar-refractivity contribution is 5.68. The molecule has 1 aliphatic heterocycles. The Morgan fingerprint density at radius 3 is 2.63 bits per heavy atom. The van der Waals surface area contributed by atoms with Crippen molar-refractivity contribution in [2.24, 2.45) is 11.3 Å². The summed E-state index contributed by atoms with van der Waals surface area (Å²) in [6.07, 6.45) is 6.54. The monoisotopic (exact) mass is 263 g/mol. The van der Waals surface area contributed by atoms with Gasteiger partial charge in [0, 0.05) is 0 Å². The zero-order chi connectivity index (χ0) is 14.0. The van der Waals surface area contributed by atoms with Gasteiger partial charge in [-0.2, -0.15) is 0 Å². The van der Waals surface area contributed by atoms with Crippen LogP contribution in [0.25, 0.3) is 0 Å². The average molecular weight is 263 g/mol. The van der Waals surface area contributed by atoms with Gasteiger partial charge in [-0.25, -0.2) is 0 Å². The molecule has 2 rings (SSSR count). The molecule has 0 radical (unpaired) electrons. The summed E-state index contributed by atoms with van der Waals surface area (Å²) in [4.78, 5) is 13.4. The Hall–Kier alpha value is -1.09. The van der Waals surface area contributed by atoms with E-state index in [0.29, 0.717) is 0 Å². The zero-order valence-corrected chi connectivity index (χ0v) is 12.1. The number of allylic oxidation sites excluding steroid dienone is 3. The molecule has 106 valence electrons. The number of piperidine rings is 1. The van der Waals surface area contributed by atoms with Gasteiger partial charge in [0.1, 0.15) is 0 Å². The number of aliphatic carboxylic acids is 1. The summed E-state index contributed by atoms with van der Waals surface area (Å²) in [7, 11) is 2.16. The first-order chi connectivity index (χ1) is 9.02. The zero-order valence-electron chi connectivity index (χ0n) is 12.1. The Morgan fingerprint density at radius 1 is 1.53 bits per heavy atom. The first kappa shape index (κ1) is 14.3. The lowest BCUT2D eigenvalue weighted by molar-refractivity contribution is -0.137. The van der Waals surface area contributed by atoms with Crippen molar-refractivity contribution in [2.75, 3.05) is 20.1 Å². The van der Waals surface area contributed by atoms with Gasteiger partial charge in [0.05, 0.1) is 6.42 Å². The fraction of sp³-hybridized carbons (Fsp3) is 0.688. The van der Waals surface area contributed by atoms with Crippen molar-refractivity contribution in [1.29, 1.82) is 0 Å². The first-order valence-electron chi connectivity index (χ1n) is 7.28. The molecule has 1 unspecified atom stereocenters. The van der Waals surface area contributed by atoms with Crippen LogP contribution in [0, 0.1) is 11.3 Å². The number of carbonyl (C=O) groups is 1. The van der Waals surface area contributed by atoms with Crippen LogP contribution in [0.3, 0.4) is 0 Å². The largest absolute Gasteiger partial charge is 0.481 e. The minimum Gasteiger partial charge on any atom is -0.481 e. The molecule has 1 aliphatic carbocycles. The Balaban J connectivity index is 2.29. The maximum atomic E-state index is 11.1. The van der Waals surface area contributed by atoms with Crippen LogP contribution in [-0.4, -0.2) is 36.1 Å². The van der Waals surface area contributed by atoms with Crippen LogP contribution >= 0.6 is 0 Å². The van der Waals surface area contributed by atoms with Gasteiger partial charge in [-0.15, -0.1) is 0 Å². The van der Waals surface area contributed by atoms with E-state index in [9.17, 15) is 4.79 Å². The summed E-state index contributed by atoms with van der Waals surface area (Å²) in [5.74, 6) is -0.455. The molecule has 1 N–H and O–H groups in total. The average Bonchev–Trinajstić information content (AvgIpc) is 2.65. The Morgan fingerprint density at radius 2 is 2.16 bits per heavy atom. The molecule has 3 nitrogen and oxygen atoms in total. The van der Waals surface area contributed by atoms with Crippen LogP contribution in [0.4, 0.5) is 0 Å². The molecule has 3 heteroatoms. The molecular weight excluding hydrogens is 238 g/mol. The van der Waals surface area contributed by atoms with Crippen LogP contribution < -0.4 is 0 Å². The van der Waals surface area contributed by atoms with E-state index in [1.54, 1.807) is 0 Å². The second-order valence-corrected chi connectivity index (χ2v) is 6.08. The summed E-state index contributed by atoms with van der Waals surface area (Å²) >= 11 is 0. The van der Waals surface area contributed by atoms with E-state index in [1.165, 1.54) is 11.1 Å². The lowest BCUT2D eigenvalue weighted by Gasteiger charge is -2.39. The van der Waals surface area contributed by atoms with Crippen molar-refractivity contribution in [2.45, 2.75) is 39.0 Å². The van der Waals surface area contributed by atoms with Crippen molar-refractivity contribution in [1.82, 2.24) is 4.90 Å². The van der Waals surface area contributed by atoms with Gasteiger partial charge in [0.25, 0.3) is 0 Å². The van der Waals surface area contributed by atoms with Gasteiger partial charge in [-0.05, 0) is 62.7 Å². The minimum absolute atomic E-state index is 0.208. The number of hydrogen-bond acceptors (Lipinski definition) is 2. The van der Waals surface area contributed by atoms with E-state index in [0.717, 1.165) is 38.8 Å². The first-order valence-corrected chi connectivity index (χ1v) is 7.28. The molecule has 2 aliphatic rings. The van der Waals surface area contributed by atoms with E-state index >= 15 is 0 Å². The summed E-state index contributed by atoms with van der Waals surface area (Å²) in [6, 6.07) is 0. The van der Waals surface area contributed by atoms with Crippen molar-refractivity contribution in [3.63, 3.8) is 0 Å². The predicted molar refractivity (Wildman–Crippen MR) is 77.0 cm³/mol.